The SMILES string of the molecule is Cc1ccc(C)c(C(C)O)c1. The minimum atomic E-state index is -0.352. The third kappa shape index (κ3) is 1.81. The second-order valence-corrected chi connectivity index (χ2v) is 3.04. The zero-order valence-electron chi connectivity index (χ0n) is 7.26. The predicted molar refractivity (Wildman–Crippen MR) is 46.5 cm³/mol. The summed E-state index contributed by atoms with van der Waals surface area (Å²) in [6.07, 6.45) is -0.352. The van der Waals surface area contributed by atoms with E-state index in [9.17, 15) is 5.11 Å². The summed E-state index contributed by atoms with van der Waals surface area (Å²) in [7, 11) is 0. The van der Waals surface area contributed by atoms with Gasteiger partial charge in [0.2, 0.25) is 0 Å². The fourth-order valence-electron chi connectivity index (χ4n) is 1.21. The maximum absolute atomic E-state index is 9.33. The molecule has 0 saturated heterocycles. The number of aliphatic hydroxyl groups excluding tert-OH is 1. The number of aliphatic hydroxyl groups is 1. The minimum Gasteiger partial charge on any atom is -0.389 e. The van der Waals surface area contributed by atoms with Crippen LogP contribution >= 0.6 is 0 Å². The van der Waals surface area contributed by atoms with Crippen molar-refractivity contribution in [2.45, 2.75) is 26.9 Å². The Balaban J connectivity index is 3.13. The number of rotatable bonds is 1. The molecule has 0 spiro atoms. The second kappa shape index (κ2) is 3.05. The van der Waals surface area contributed by atoms with Crippen molar-refractivity contribution in [2.24, 2.45) is 0 Å². The molecule has 1 atom stereocenters. The Bertz CT molecular complexity index is 251. The summed E-state index contributed by atoms with van der Waals surface area (Å²) < 4.78 is 0. The molecule has 0 amide bonds. The summed E-state index contributed by atoms with van der Waals surface area (Å²) in [6.45, 7) is 5.84. The molecule has 0 heterocycles. The third-order valence-corrected chi connectivity index (χ3v) is 1.88. The average molecular weight is 150 g/mol. The lowest BCUT2D eigenvalue weighted by Gasteiger charge is -2.08. The van der Waals surface area contributed by atoms with E-state index in [-0.39, 0.29) is 6.10 Å². The normalized spacial score (nSPS) is 13.1. The lowest BCUT2D eigenvalue weighted by atomic mass is 10.0. The van der Waals surface area contributed by atoms with E-state index >= 15 is 0 Å². The topological polar surface area (TPSA) is 20.2 Å². The van der Waals surface area contributed by atoms with Gasteiger partial charge in [0, 0.05) is 0 Å². The Labute approximate surface area is 67.7 Å². The van der Waals surface area contributed by atoms with Crippen molar-refractivity contribution in [1.82, 2.24) is 0 Å². The summed E-state index contributed by atoms with van der Waals surface area (Å²) >= 11 is 0. The lowest BCUT2D eigenvalue weighted by molar-refractivity contribution is 0.198. The first-order valence-electron chi connectivity index (χ1n) is 3.86. The van der Waals surface area contributed by atoms with Gasteiger partial charge < -0.3 is 5.11 Å². The van der Waals surface area contributed by atoms with Crippen LogP contribution in [-0.2, 0) is 0 Å². The van der Waals surface area contributed by atoms with Gasteiger partial charge >= 0.3 is 0 Å². The summed E-state index contributed by atoms with van der Waals surface area (Å²) in [6, 6.07) is 6.12. The molecule has 1 nitrogen and oxygen atoms in total. The van der Waals surface area contributed by atoms with Gasteiger partial charge in [-0.1, -0.05) is 23.8 Å². The van der Waals surface area contributed by atoms with Gasteiger partial charge in [-0.2, -0.15) is 0 Å². The smallest absolute Gasteiger partial charge is 0.0764 e. The number of hydrogen-bond acceptors (Lipinski definition) is 1. The zero-order chi connectivity index (χ0) is 8.43. The molecule has 11 heavy (non-hydrogen) atoms. The average Bonchev–Trinajstić information content (AvgIpc) is 1.94. The highest BCUT2D eigenvalue weighted by Gasteiger charge is 2.03. The molecule has 1 heteroatoms. The maximum atomic E-state index is 9.33. The standard InChI is InChI=1S/C10H14O/c1-7-4-5-8(2)10(6-7)9(3)11/h4-6,9,11H,1-3H3. The van der Waals surface area contributed by atoms with Crippen LogP contribution in [0.2, 0.25) is 0 Å². The summed E-state index contributed by atoms with van der Waals surface area (Å²) in [5, 5.41) is 9.33. The van der Waals surface area contributed by atoms with Crippen molar-refractivity contribution in [2.75, 3.05) is 0 Å². The molecule has 0 fully saturated rings. The molecule has 1 rings (SSSR count). The van der Waals surface area contributed by atoms with E-state index < -0.39 is 0 Å². The van der Waals surface area contributed by atoms with Gasteiger partial charge in [0.25, 0.3) is 0 Å². The van der Waals surface area contributed by atoms with Gasteiger partial charge in [-0.15, -0.1) is 0 Å². The molecule has 0 aromatic heterocycles. The van der Waals surface area contributed by atoms with Crippen molar-refractivity contribution in [1.29, 1.82) is 0 Å². The van der Waals surface area contributed by atoms with Gasteiger partial charge in [0.05, 0.1) is 6.10 Å². The first kappa shape index (κ1) is 8.28. The molecule has 0 aliphatic rings. The van der Waals surface area contributed by atoms with Crippen LogP contribution in [0.1, 0.15) is 29.7 Å². The largest absolute Gasteiger partial charge is 0.389 e. The fourth-order valence-corrected chi connectivity index (χ4v) is 1.21. The Kier molecular flexibility index (Phi) is 2.30. The molecule has 1 N–H and O–H groups in total. The van der Waals surface area contributed by atoms with E-state index in [1.54, 1.807) is 6.92 Å². The highest BCUT2D eigenvalue weighted by molar-refractivity contribution is 5.31. The number of hydrogen-bond donors (Lipinski definition) is 1. The molecule has 1 aromatic carbocycles. The molecule has 1 unspecified atom stereocenters. The molecule has 0 radical (unpaired) electrons. The van der Waals surface area contributed by atoms with Gasteiger partial charge in [-0.05, 0) is 31.9 Å². The summed E-state index contributed by atoms with van der Waals surface area (Å²) in [5.74, 6) is 0. The van der Waals surface area contributed by atoms with Crippen LogP contribution in [0.4, 0.5) is 0 Å². The molecule has 0 aliphatic carbocycles. The lowest BCUT2D eigenvalue weighted by Crippen LogP contribution is -1.94. The molecule has 60 valence electrons. The Morgan fingerprint density at radius 2 is 1.91 bits per heavy atom. The van der Waals surface area contributed by atoms with Crippen LogP contribution in [0.15, 0.2) is 18.2 Å². The zero-order valence-corrected chi connectivity index (χ0v) is 7.26. The molecule has 0 bridgehead atoms. The fraction of sp³-hybridized carbons (Fsp3) is 0.400. The van der Waals surface area contributed by atoms with E-state index in [2.05, 4.69) is 6.07 Å². The molecule has 0 aliphatic heterocycles. The van der Waals surface area contributed by atoms with E-state index in [0.29, 0.717) is 0 Å². The Morgan fingerprint density at radius 1 is 1.27 bits per heavy atom. The van der Waals surface area contributed by atoms with Crippen LogP contribution < -0.4 is 0 Å². The highest BCUT2D eigenvalue weighted by atomic mass is 16.3. The molecular formula is C10H14O. The van der Waals surface area contributed by atoms with E-state index in [4.69, 9.17) is 0 Å². The van der Waals surface area contributed by atoms with Crippen LogP contribution in [-0.4, -0.2) is 5.11 Å². The van der Waals surface area contributed by atoms with E-state index in [0.717, 1.165) is 11.1 Å². The van der Waals surface area contributed by atoms with E-state index in [1.165, 1.54) is 5.56 Å². The predicted octanol–water partition coefficient (Wildman–Crippen LogP) is 2.36. The first-order chi connectivity index (χ1) is 5.11. The molecular weight excluding hydrogens is 136 g/mol. The Hall–Kier alpha value is -0.820. The third-order valence-electron chi connectivity index (χ3n) is 1.88. The summed E-state index contributed by atoms with van der Waals surface area (Å²) in [4.78, 5) is 0. The second-order valence-electron chi connectivity index (χ2n) is 3.04. The van der Waals surface area contributed by atoms with Crippen molar-refractivity contribution < 1.29 is 5.11 Å². The van der Waals surface area contributed by atoms with Gasteiger partial charge in [-0.25, -0.2) is 0 Å². The first-order valence-corrected chi connectivity index (χ1v) is 3.86. The van der Waals surface area contributed by atoms with Crippen LogP contribution in [0.5, 0.6) is 0 Å². The van der Waals surface area contributed by atoms with Crippen molar-refractivity contribution in [3.63, 3.8) is 0 Å². The van der Waals surface area contributed by atoms with Crippen molar-refractivity contribution in [3.8, 4) is 0 Å². The summed E-state index contributed by atoms with van der Waals surface area (Å²) in [5.41, 5.74) is 3.39. The quantitative estimate of drug-likeness (QED) is 0.651. The Morgan fingerprint density at radius 3 is 2.36 bits per heavy atom. The van der Waals surface area contributed by atoms with Crippen molar-refractivity contribution >= 4 is 0 Å². The van der Waals surface area contributed by atoms with Crippen molar-refractivity contribution in [3.05, 3.63) is 34.9 Å². The van der Waals surface area contributed by atoms with Gasteiger partial charge in [0.1, 0.15) is 0 Å². The van der Waals surface area contributed by atoms with Crippen LogP contribution in [0, 0.1) is 13.8 Å². The van der Waals surface area contributed by atoms with Crippen LogP contribution in [0.25, 0.3) is 0 Å². The highest BCUT2D eigenvalue weighted by Crippen LogP contribution is 2.17. The minimum absolute atomic E-state index is 0.352. The van der Waals surface area contributed by atoms with Gasteiger partial charge in [-0.3, -0.25) is 0 Å². The monoisotopic (exact) mass is 150 g/mol. The molecule has 1 aromatic rings. The maximum Gasteiger partial charge on any atom is 0.0764 e. The van der Waals surface area contributed by atoms with Crippen LogP contribution in [0.3, 0.4) is 0 Å². The molecule has 0 saturated carbocycles. The number of aryl methyl sites for hydroxylation is 2. The number of benzene rings is 1. The van der Waals surface area contributed by atoms with E-state index in [1.807, 2.05) is 26.0 Å². The van der Waals surface area contributed by atoms with Gasteiger partial charge in [0.15, 0.2) is 0 Å².